The molecule has 1 aliphatic heterocycles. The summed E-state index contributed by atoms with van der Waals surface area (Å²) in [5.41, 5.74) is 5.56. The maximum atomic E-state index is 12.4. The van der Waals surface area contributed by atoms with E-state index in [1.165, 1.54) is 0 Å². The number of rotatable bonds is 4. The van der Waals surface area contributed by atoms with Gasteiger partial charge < -0.3 is 5.73 Å². The highest BCUT2D eigenvalue weighted by Gasteiger charge is 2.38. The molecule has 0 aromatic rings. The Balaban J connectivity index is 2.96. The first kappa shape index (κ1) is 13.9. The first-order valence-electron chi connectivity index (χ1n) is 6.17. The summed E-state index contributed by atoms with van der Waals surface area (Å²) in [5, 5.41) is -0.421. The van der Waals surface area contributed by atoms with E-state index in [0.29, 0.717) is 6.42 Å². The number of hydrogen-bond acceptors (Lipinski definition) is 3. The molecule has 0 aromatic heterocycles. The largest absolute Gasteiger partial charge is 0.329 e. The van der Waals surface area contributed by atoms with Gasteiger partial charge in [-0.1, -0.05) is 13.3 Å². The Kier molecular flexibility index (Phi) is 4.76. The van der Waals surface area contributed by atoms with Crippen LogP contribution in [0.5, 0.6) is 0 Å². The van der Waals surface area contributed by atoms with Gasteiger partial charge in [0.2, 0.25) is 10.0 Å². The van der Waals surface area contributed by atoms with Crippen molar-refractivity contribution in [2.24, 2.45) is 5.73 Å². The van der Waals surface area contributed by atoms with Crippen molar-refractivity contribution in [1.82, 2.24) is 4.31 Å². The summed E-state index contributed by atoms with van der Waals surface area (Å²) >= 11 is 0. The number of nitrogens with two attached hydrogens (primary N) is 1. The van der Waals surface area contributed by atoms with Crippen molar-refractivity contribution < 1.29 is 8.42 Å². The maximum absolute atomic E-state index is 12.4. The third-order valence-corrected chi connectivity index (χ3v) is 6.22. The van der Waals surface area contributed by atoms with Crippen molar-refractivity contribution in [2.45, 2.75) is 63.8 Å². The Morgan fingerprint density at radius 1 is 1.31 bits per heavy atom. The number of sulfonamides is 1. The summed E-state index contributed by atoms with van der Waals surface area (Å²) in [6, 6.07) is 0.240. The molecule has 1 aliphatic rings. The Bertz CT molecular complexity index is 302. The van der Waals surface area contributed by atoms with Crippen LogP contribution in [0.25, 0.3) is 0 Å². The lowest BCUT2D eigenvalue weighted by Gasteiger charge is -2.39. The lowest BCUT2D eigenvalue weighted by atomic mass is 10.0. The average Bonchev–Trinajstić information content (AvgIpc) is 2.18. The van der Waals surface area contributed by atoms with Crippen molar-refractivity contribution in [1.29, 1.82) is 0 Å². The molecule has 1 saturated heterocycles. The summed E-state index contributed by atoms with van der Waals surface area (Å²) in [6.07, 6.45) is 3.64. The molecule has 0 aliphatic carbocycles. The van der Waals surface area contributed by atoms with E-state index < -0.39 is 15.3 Å². The van der Waals surface area contributed by atoms with Gasteiger partial charge in [0.15, 0.2) is 0 Å². The van der Waals surface area contributed by atoms with Crippen LogP contribution in [-0.4, -0.2) is 36.6 Å². The lowest BCUT2D eigenvalue weighted by Crippen LogP contribution is -2.52. The van der Waals surface area contributed by atoms with Gasteiger partial charge in [-0.3, -0.25) is 0 Å². The summed E-state index contributed by atoms with van der Waals surface area (Å²) in [7, 11) is -3.21. The zero-order valence-corrected chi connectivity index (χ0v) is 11.3. The maximum Gasteiger partial charge on any atom is 0.218 e. The molecule has 4 nitrogen and oxygen atoms in total. The molecule has 2 N–H and O–H groups in total. The molecule has 3 atom stereocenters. The normalized spacial score (nSPS) is 30.2. The van der Waals surface area contributed by atoms with Crippen LogP contribution in [0.2, 0.25) is 0 Å². The van der Waals surface area contributed by atoms with Crippen LogP contribution in [0.4, 0.5) is 0 Å². The molecular weight excluding hydrogens is 224 g/mol. The molecule has 1 heterocycles. The van der Waals surface area contributed by atoms with Gasteiger partial charge in [-0.15, -0.1) is 0 Å². The monoisotopic (exact) mass is 248 g/mol. The van der Waals surface area contributed by atoms with Gasteiger partial charge in [0.05, 0.1) is 5.25 Å². The van der Waals surface area contributed by atoms with Crippen LogP contribution in [0, 0.1) is 0 Å². The van der Waals surface area contributed by atoms with Crippen molar-refractivity contribution in [3.8, 4) is 0 Å². The molecular formula is C11H24N2O2S. The molecule has 0 bridgehead atoms. The number of piperidine rings is 1. The van der Waals surface area contributed by atoms with E-state index in [1.54, 1.807) is 4.31 Å². The second-order valence-electron chi connectivity index (χ2n) is 4.77. The van der Waals surface area contributed by atoms with E-state index in [0.717, 1.165) is 19.3 Å². The van der Waals surface area contributed by atoms with Gasteiger partial charge >= 0.3 is 0 Å². The minimum Gasteiger partial charge on any atom is -0.329 e. The smallest absolute Gasteiger partial charge is 0.218 e. The standard InChI is InChI=1S/C11H24N2O2S/c1-4-11(8-12)16(14,15)13-9(2)6-5-7-10(13)3/h9-11H,4-8,12H2,1-3H3/t9-,10+,11?. The van der Waals surface area contributed by atoms with Crippen LogP contribution in [0.3, 0.4) is 0 Å². The van der Waals surface area contributed by atoms with Crippen LogP contribution in [0.1, 0.15) is 46.5 Å². The van der Waals surface area contributed by atoms with Crippen LogP contribution in [0.15, 0.2) is 0 Å². The second-order valence-corrected chi connectivity index (χ2v) is 6.89. The molecule has 5 heteroatoms. The minimum atomic E-state index is -3.21. The fraction of sp³-hybridized carbons (Fsp3) is 1.00. The fourth-order valence-corrected chi connectivity index (χ4v) is 4.79. The average molecular weight is 248 g/mol. The van der Waals surface area contributed by atoms with Crippen molar-refractivity contribution in [2.75, 3.05) is 6.54 Å². The summed E-state index contributed by atoms with van der Waals surface area (Å²) < 4.78 is 26.5. The van der Waals surface area contributed by atoms with E-state index in [1.807, 2.05) is 20.8 Å². The van der Waals surface area contributed by atoms with E-state index in [-0.39, 0.29) is 18.6 Å². The Hall–Kier alpha value is -0.130. The quantitative estimate of drug-likeness (QED) is 0.816. The first-order chi connectivity index (χ1) is 7.45. The predicted octanol–water partition coefficient (Wildman–Crippen LogP) is 1.32. The van der Waals surface area contributed by atoms with Gasteiger partial charge in [-0.05, 0) is 33.1 Å². The van der Waals surface area contributed by atoms with Crippen molar-refractivity contribution in [3.05, 3.63) is 0 Å². The third kappa shape index (κ3) is 2.57. The van der Waals surface area contributed by atoms with Gasteiger partial charge in [-0.25, -0.2) is 8.42 Å². The first-order valence-corrected chi connectivity index (χ1v) is 7.67. The van der Waals surface area contributed by atoms with Gasteiger partial charge in [0.25, 0.3) is 0 Å². The van der Waals surface area contributed by atoms with E-state index in [2.05, 4.69) is 0 Å². The summed E-state index contributed by atoms with van der Waals surface area (Å²) in [5.74, 6) is 0. The SMILES string of the molecule is CCC(CN)S(=O)(=O)N1[C@H](C)CCC[C@@H]1C. The molecule has 1 rings (SSSR count). The molecule has 1 fully saturated rings. The molecule has 0 radical (unpaired) electrons. The lowest BCUT2D eigenvalue weighted by molar-refractivity contribution is 0.202. The Morgan fingerprint density at radius 3 is 2.19 bits per heavy atom. The van der Waals surface area contributed by atoms with E-state index >= 15 is 0 Å². The zero-order chi connectivity index (χ0) is 12.3. The molecule has 0 amide bonds. The van der Waals surface area contributed by atoms with E-state index in [9.17, 15) is 8.42 Å². The fourth-order valence-electron chi connectivity index (χ4n) is 2.57. The van der Waals surface area contributed by atoms with Gasteiger partial charge in [0, 0.05) is 18.6 Å². The highest BCUT2D eigenvalue weighted by molar-refractivity contribution is 7.89. The summed E-state index contributed by atoms with van der Waals surface area (Å²) in [6.45, 7) is 6.09. The topological polar surface area (TPSA) is 63.4 Å². The summed E-state index contributed by atoms with van der Waals surface area (Å²) in [4.78, 5) is 0. The van der Waals surface area contributed by atoms with Crippen LogP contribution in [-0.2, 0) is 10.0 Å². The Labute approximate surface area is 99.2 Å². The highest BCUT2D eigenvalue weighted by Crippen LogP contribution is 2.28. The van der Waals surface area contributed by atoms with E-state index in [4.69, 9.17) is 5.73 Å². The van der Waals surface area contributed by atoms with Gasteiger partial charge in [-0.2, -0.15) is 4.31 Å². The van der Waals surface area contributed by atoms with Gasteiger partial charge in [0.1, 0.15) is 0 Å². The molecule has 0 saturated carbocycles. The van der Waals surface area contributed by atoms with Crippen molar-refractivity contribution >= 4 is 10.0 Å². The second kappa shape index (κ2) is 5.47. The third-order valence-electron chi connectivity index (χ3n) is 3.55. The van der Waals surface area contributed by atoms with Crippen molar-refractivity contribution in [3.63, 3.8) is 0 Å². The molecule has 0 aromatic carbocycles. The predicted molar refractivity (Wildman–Crippen MR) is 66.7 cm³/mol. The molecule has 96 valence electrons. The number of nitrogens with zero attached hydrogens (tertiary/aromatic N) is 1. The minimum absolute atomic E-state index is 0.120. The molecule has 0 spiro atoms. The Morgan fingerprint density at radius 2 is 1.81 bits per heavy atom. The molecule has 1 unspecified atom stereocenters. The van der Waals surface area contributed by atoms with Crippen LogP contribution < -0.4 is 5.73 Å². The number of hydrogen-bond donors (Lipinski definition) is 1. The molecule has 16 heavy (non-hydrogen) atoms. The zero-order valence-electron chi connectivity index (χ0n) is 10.5. The van der Waals surface area contributed by atoms with Crippen LogP contribution >= 0.6 is 0 Å². The highest BCUT2D eigenvalue weighted by atomic mass is 32.2.